The molecule has 1 aromatic rings. The Morgan fingerprint density at radius 2 is 2.29 bits per heavy atom. The third-order valence-electron chi connectivity index (χ3n) is 1.83. The average Bonchev–Trinajstić information content (AvgIpc) is 2.81. The van der Waals surface area contributed by atoms with Crippen molar-refractivity contribution >= 4 is 17.8 Å². The van der Waals surface area contributed by atoms with E-state index in [2.05, 4.69) is 25.2 Å². The predicted octanol–water partition coefficient (Wildman–Crippen LogP) is -1.45. The van der Waals surface area contributed by atoms with Crippen molar-refractivity contribution in [2.45, 2.75) is 12.5 Å². The van der Waals surface area contributed by atoms with Crippen molar-refractivity contribution in [3.8, 4) is 0 Å². The van der Waals surface area contributed by atoms with E-state index in [1.165, 1.54) is 0 Å². The number of aromatic amines is 1. The van der Waals surface area contributed by atoms with Crippen LogP contribution in [0, 0.1) is 0 Å². The van der Waals surface area contributed by atoms with Gasteiger partial charge in [0.15, 0.2) is 0 Å². The van der Waals surface area contributed by atoms with Gasteiger partial charge in [-0.15, -0.1) is 0 Å². The number of amides is 1. The number of hydrogen-bond donors (Lipinski definition) is 3. The first-order valence-corrected chi connectivity index (χ1v) is 4.50. The second kappa shape index (κ2) is 5.58. The molecule has 0 aliphatic heterocycles. The van der Waals surface area contributed by atoms with Gasteiger partial charge in [-0.1, -0.05) is 0 Å². The van der Waals surface area contributed by atoms with Gasteiger partial charge in [-0.2, -0.15) is 5.10 Å². The number of ether oxygens (including phenoxy) is 1. The monoisotopic (exact) mass is 242 g/mol. The van der Waals surface area contributed by atoms with E-state index < -0.39 is 30.3 Å². The standard InChI is InChI=1S/C8H10N4O5/c1-17-5(13)2-4(8(15)16)11-7(14)6-9-3-10-12-6/h3-4H,2H2,1H3,(H,11,14)(H,15,16)(H,9,10,12)/t4-/m0/s1. The van der Waals surface area contributed by atoms with Crippen molar-refractivity contribution in [3.05, 3.63) is 12.2 Å². The van der Waals surface area contributed by atoms with E-state index in [0.29, 0.717) is 0 Å². The lowest BCUT2D eigenvalue weighted by Gasteiger charge is -2.11. The molecule has 0 radical (unpaired) electrons. The molecule has 1 aromatic heterocycles. The molecule has 1 heterocycles. The Kier molecular flexibility index (Phi) is 4.14. The quantitative estimate of drug-likeness (QED) is 0.537. The largest absolute Gasteiger partial charge is 0.480 e. The van der Waals surface area contributed by atoms with Crippen LogP contribution in [0.25, 0.3) is 0 Å². The minimum atomic E-state index is -1.37. The number of methoxy groups -OCH3 is 1. The van der Waals surface area contributed by atoms with E-state index in [1.54, 1.807) is 0 Å². The smallest absolute Gasteiger partial charge is 0.326 e. The molecule has 1 amide bonds. The summed E-state index contributed by atoms with van der Waals surface area (Å²) in [5.41, 5.74) is 0. The summed E-state index contributed by atoms with van der Waals surface area (Å²) >= 11 is 0. The number of esters is 1. The summed E-state index contributed by atoms with van der Waals surface area (Å²) in [6.45, 7) is 0. The van der Waals surface area contributed by atoms with Crippen LogP contribution >= 0.6 is 0 Å². The van der Waals surface area contributed by atoms with E-state index in [0.717, 1.165) is 13.4 Å². The fourth-order valence-electron chi connectivity index (χ4n) is 0.992. The van der Waals surface area contributed by atoms with Crippen LogP contribution in [0.2, 0.25) is 0 Å². The lowest BCUT2D eigenvalue weighted by atomic mass is 10.2. The third-order valence-corrected chi connectivity index (χ3v) is 1.83. The normalized spacial score (nSPS) is 11.6. The number of hydrogen-bond acceptors (Lipinski definition) is 6. The van der Waals surface area contributed by atoms with Crippen LogP contribution < -0.4 is 5.32 Å². The van der Waals surface area contributed by atoms with E-state index in [-0.39, 0.29) is 5.82 Å². The molecule has 17 heavy (non-hydrogen) atoms. The summed E-state index contributed by atoms with van der Waals surface area (Å²) in [5, 5.41) is 16.6. The molecule has 0 bridgehead atoms. The van der Waals surface area contributed by atoms with Gasteiger partial charge in [0, 0.05) is 0 Å². The van der Waals surface area contributed by atoms with Crippen molar-refractivity contribution < 1.29 is 24.2 Å². The van der Waals surface area contributed by atoms with Crippen LogP contribution in [0.4, 0.5) is 0 Å². The number of nitrogens with one attached hydrogen (secondary N) is 2. The minimum Gasteiger partial charge on any atom is -0.480 e. The molecule has 0 spiro atoms. The molecule has 0 aromatic carbocycles. The fourth-order valence-corrected chi connectivity index (χ4v) is 0.992. The first kappa shape index (κ1) is 12.6. The van der Waals surface area contributed by atoms with E-state index >= 15 is 0 Å². The number of carbonyl (C=O) groups excluding carboxylic acids is 2. The van der Waals surface area contributed by atoms with E-state index in [9.17, 15) is 14.4 Å². The maximum Gasteiger partial charge on any atom is 0.326 e. The van der Waals surface area contributed by atoms with Gasteiger partial charge in [-0.3, -0.25) is 14.7 Å². The van der Waals surface area contributed by atoms with Gasteiger partial charge in [-0.25, -0.2) is 9.78 Å². The average molecular weight is 242 g/mol. The fraction of sp³-hybridized carbons (Fsp3) is 0.375. The third kappa shape index (κ3) is 3.55. The summed E-state index contributed by atoms with van der Waals surface area (Å²) in [7, 11) is 1.12. The lowest BCUT2D eigenvalue weighted by molar-refractivity contribution is -0.147. The van der Waals surface area contributed by atoms with Crippen LogP contribution in [0.15, 0.2) is 6.33 Å². The Morgan fingerprint density at radius 3 is 2.76 bits per heavy atom. The molecule has 0 aliphatic carbocycles. The molecular formula is C8H10N4O5. The van der Waals surface area contributed by atoms with Gasteiger partial charge >= 0.3 is 11.9 Å². The molecule has 3 N–H and O–H groups in total. The number of carbonyl (C=O) groups is 3. The number of rotatable bonds is 5. The number of nitrogens with zero attached hydrogens (tertiary/aromatic N) is 2. The SMILES string of the molecule is COC(=O)C[C@H](NC(=O)c1ncn[nH]1)C(=O)O. The number of H-pyrrole nitrogens is 1. The first-order valence-electron chi connectivity index (χ1n) is 4.50. The summed E-state index contributed by atoms with van der Waals surface area (Å²) < 4.78 is 4.31. The lowest BCUT2D eigenvalue weighted by Crippen LogP contribution is -2.42. The van der Waals surface area contributed by atoms with E-state index in [1.807, 2.05) is 0 Å². The van der Waals surface area contributed by atoms with Gasteiger partial charge in [-0.05, 0) is 0 Å². The first-order chi connectivity index (χ1) is 8.04. The van der Waals surface area contributed by atoms with Gasteiger partial charge in [0.25, 0.3) is 5.91 Å². The highest BCUT2D eigenvalue weighted by Gasteiger charge is 2.25. The summed E-state index contributed by atoms with van der Waals surface area (Å²) in [5.74, 6) is -2.99. The highest BCUT2D eigenvalue weighted by Crippen LogP contribution is 1.97. The Labute approximate surface area is 95.2 Å². The van der Waals surface area contributed by atoms with Crippen LogP contribution in [0.1, 0.15) is 17.0 Å². The molecular weight excluding hydrogens is 232 g/mol. The van der Waals surface area contributed by atoms with Gasteiger partial charge in [0.1, 0.15) is 12.4 Å². The van der Waals surface area contributed by atoms with Gasteiger partial charge in [0.2, 0.25) is 5.82 Å². The maximum atomic E-state index is 11.4. The predicted molar refractivity (Wildman–Crippen MR) is 51.9 cm³/mol. The molecule has 0 saturated carbocycles. The summed E-state index contributed by atoms with van der Waals surface area (Å²) in [6, 6.07) is -1.37. The molecule has 0 aliphatic rings. The summed E-state index contributed by atoms with van der Waals surface area (Å²) in [4.78, 5) is 36.7. The molecule has 9 heteroatoms. The number of aliphatic carboxylic acids is 1. The Morgan fingerprint density at radius 1 is 1.59 bits per heavy atom. The topological polar surface area (TPSA) is 134 Å². The van der Waals surface area contributed by atoms with Crippen LogP contribution in [0.3, 0.4) is 0 Å². The zero-order valence-electron chi connectivity index (χ0n) is 8.84. The minimum absolute atomic E-state index is 0.138. The molecule has 92 valence electrons. The van der Waals surface area contributed by atoms with Gasteiger partial charge in [0.05, 0.1) is 13.5 Å². The highest BCUT2D eigenvalue weighted by atomic mass is 16.5. The molecule has 9 nitrogen and oxygen atoms in total. The zero-order chi connectivity index (χ0) is 12.8. The number of carboxylic acids is 1. The Hall–Kier alpha value is -2.45. The van der Waals surface area contributed by atoms with Crippen molar-refractivity contribution in [2.24, 2.45) is 0 Å². The Bertz CT molecular complexity index is 416. The van der Waals surface area contributed by atoms with Crippen LogP contribution in [-0.2, 0) is 14.3 Å². The van der Waals surface area contributed by atoms with Gasteiger partial charge < -0.3 is 15.2 Å². The molecule has 1 rings (SSSR count). The van der Waals surface area contributed by atoms with Crippen LogP contribution in [0.5, 0.6) is 0 Å². The van der Waals surface area contributed by atoms with Crippen LogP contribution in [-0.4, -0.2) is 51.3 Å². The van der Waals surface area contributed by atoms with Crippen molar-refractivity contribution in [2.75, 3.05) is 7.11 Å². The second-order valence-electron chi connectivity index (χ2n) is 2.98. The molecule has 0 unspecified atom stereocenters. The van der Waals surface area contributed by atoms with Crippen molar-refractivity contribution in [3.63, 3.8) is 0 Å². The molecule has 1 atom stereocenters. The summed E-state index contributed by atoms with van der Waals surface area (Å²) in [6.07, 6.45) is 0.636. The van der Waals surface area contributed by atoms with E-state index in [4.69, 9.17) is 5.11 Å². The second-order valence-corrected chi connectivity index (χ2v) is 2.98. The van der Waals surface area contributed by atoms with Crippen molar-refractivity contribution in [1.29, 1.82) is 0 Å². The highest BCUT2D eigenvalue weighted by molar-refractivity contribution is 5.94. The number of carboxylic acid groups (broad SMARTS) is 1. The zero-order valence-corrected chi connectivity index (χ0v) is 8.84. The molecule has 0 saturated heterocycles. The number of aromatic nitrogens is 3. The van der Waals surface area contributed by atoms with Crippen molar-refractivity contribution in [1.82, 2.24) is 20.5 Å². The molecule has 0 fully saturated rings. The maximum absolute atomic E-state index is 11.4. The Balaban J connectivity index is 2.64.